The zero-order valence-electron chi connectivity index (χ0n) is 17.7. The summed E-state index contributed by atoms with van der Waals surface area (Å²) in [5.41, 5.74) is 0. The molecule has 1 saturated heterocycles. The Kier molecular flexibility index (Phi) is 14.8. The Morgan fingerprint density at radius 1 is 0.720 bits per heavy atom. The maximum absolute atomic E-state index is 5.39. The molecule has 0 amide bonds. The first-order valence-corrected chi connectivity index (χ1v) is 11.5. The highest BCUT2D eigenvalue weighted by Crippen LogP contribution is 2.22. The van der Waals surface area contributed by atoms with E-state index in [0.717, 1.165) is 12.6 Å². The molecule has 2 unspecified atom stereocenters. The van der Waals surface area contributed by atoms with E-state index >= 15 is 0 Å². The minimum Gasteiger partial charge on any atom is -0.373 e. The van der Waals surface area contributed by atoms with Crippen LogP contribution in [-0.2, 0) is 4.74 Å². The summed E-state index contributed by atoms with van der Waals surface area (Å²) in [4.78, 5) is 2.39. The summed E-state index contributed by atoms with van der Waals surface area (Å²) < 4.78 is 5.39. The zero-order chi connectivity index (χ0) is 18.2. The summed E-state index contributed by atoms with van der Waals surface area (Å²) in [5, 5.41) is 0. The van der Waals surface area contributed by atoms with Crippen molar-refractivity contribution < 1.29 is 4.74 Å². The number of unbranched alkanes of at least 4 members (excludes halogenated alkanes) is 14. The van der Waals surface area contributed by atoms with Crippen molar-refractivity contribution in [3.63, 3.8) is 0 Å². The Hall–Kier alpha value is -0.0800. The predicted molar refractivity (Wildman–Crippen MR) is 111 cm³/mol. The van der Waals surface area contributed by atoms with Crippen LogP contribution in [0, 0.1) is 0 Å². The summed E-state index contributed by atoms with van der Waals surface area (Å²) in [6.45, 7) is 3.30. The number of hydrogen-bond acceptors (Lipinski definition) is 2. The molecule has 0 N–H and O–H groups in total. The molecular weight excluding hydrogens is 306 g/mol. The molecule has 2 nitrogen and oxygen atoms in total. The lowest BCUT2D eigenvalue weighted by Gasteiger charge is -2.23. The number of rotatable bonds is 19. The van der Waals surface area contributed by atoms with E-state index in [2.05, 4.69) is 25.9 Å². The molecule has 1 aliphatic rings. The summed E-state index contributed by atoms with van der Waals surface area (Å²) in [7, 11) is 4.44. The van der Waals surface area contributed by atoms with Gasteiger partial charge in [-0.15, -0.1) is 0 Å². The molecule has 0 radical (unpaired) electrons. The molecule has 2 heteroatoms. The lowest BCUT2D eigenvalue weighted by molar-refractivity contribution is 0.235. The average Bonchev–Trinajstić information content (AvgIpc) is 3.41. The lowest BCUT2D eigenvalue weighted by Crippen LogP contribution is -2.29. The third-order valence-electron chi connectivity index (χ3n) is 5.81. The van der Waals surface area contributed by atoms with Gasteiger partial charge in [0, 0.05) is 6.04 Å². The van der Waals surface area contributed by atoms with Crippen molar-refractivity contribution in [3.8, 4) is 0 Å². The lowest BCUT2D eigenvalue weighted by atomic mass is 10.0. The van der Waals surface area contributed by atoms with Gasteiger partial charge in [0.05, 0.1) is 12.7 Å². The molecule has 2 atom stereocenters. The normalized spacial score (nSPS) is 18.0. The summed E-state index contributed by atoms with van der Waals surface area (Å²) in [6, 6.07) is 0.731. The molecule has 1 aliphatic heterocycles. The van der Waals surface area contributed by atoms with Crippen LogP contribution in [0.25, 0.3) is 0 Å². The molecule has 0 aliphatic carbocycles. The standard InChI is InChI=1S/C23H47NO/c1-4-5-6-7-8-9-10-11-12-13-14-15-16-17-18-19-22(24(2)3)20-23-21-25-23/h22-23H,4-21H2,1-3H3. The number of hydrogen-bond donors (Lipinski definition) is 0. The Balaban J connectivity index is 1.75. The highest BCUT2D eigenvalue weighted by molar-refractivity contribution is 4.78. The van der Waals surface area contributed by atoms with Crippen LogP contribution in [-0.4, -0.2) is 37.7 Å². The number of ether oxygens (including phenoxy) is 1. The van der Waals surface area contributed by atoms with Crippen molar-refractivity contribution in [1.29, 1.82) is 0 Å². The third kappa shape index (κ3) is 14.7. The van der Waals surface area contributed by atoms with Crippen LogP contribution in [0.4, 0.5) is 0 Å². The van der Waals surface area contributed by atoms with Crippen LogP contribution >= 0.6 is 0 Å². The molecule has 0 aromatic rings. The molecule has 0 bridgehead atoms. The molecule has 0 spiro atoms. The first-order chi connectivity index (χ1) is 12.2. The Labute approximate surface area is 159 Å². The Morgan fingerprint density at radius 2 is 1.12 bits per heavy atom. The molecule has 1 heterocycles. The molecule has 0 aromatic carbocycles. The molecule has 0 aromatic heterocycles. The maximum Gasteiger partial charge on any atom is 0.0824 e. The first-order valence-electron chi connectivity index (χ1n) is 11.5. The van der Waals surface area contributed by atoms with E-state index in [4.69, 9.17) is 4.74 Å². The maximum atomic E-state index is 5.39. The molecule has 1 rings (SSSR count). The fraction of sp³-hybridized carbons (Fsp3) is 1.00. The van der Waals surface area contributed by atoms with Crippen LogP contribution < -0.4 is 0 Å². The van der Waals surface area contributed by atoms with Gasteiger partial charge in [0.15, 0.2) is 0 Å². The van der Waals surface area contributed by atoms with Gasteiger partial charge >= 0.3 is 0 Å². The smallest absolute Gasteiger partial charge is 0.0824 e. The van der Waals surface area contributed by atoms with Crippen molar-refractivity contribution >= 4 is 0 Å². The van der Waals surface area contributed by atoms with E-state index in [-0.39, 0.29) is 0 Å². The van der Waals surface area contributed by atoms with Gasteiger partial charge in [-0.05, 0) is 26.9 Å². The topological polar surface area (TPSA) is 15.8 Å². The van der Waals surface area contributed by atoms with E-state index in [1.807, 2.05) is 0 Å². The molecular formula is C23H47NO. The summed E-state index contributed by atoms with van der Waals surface area (Å²) in [5.74, 6) is 0. The largest absolute Gasteiger partial charge is 0.373 e. The van der Waals surface area contributed by atoms with Gasteiger partial charge in [0.1, 0.15) is 0 Å². The van der Waals surface area contributed by atoms with E-state index in [1.54, 1.807) is 0 Å². The summed E-state index contributed by atoms with van der Waals surface area (Å²) in [6.07, 6.45) is 24.9. The van der Waals surface area contributed by atoms with Crippen molar-refractivity contribution in [2.75, 3.05) is 20.7 Å². The minimum absolute atomic E-state index is 0.573. The SMILES string of the molecule is CCCCCCCCCCCCCCCCCC(CC1CO1)N(C)C. The average molecular weight is 354 g/mol. The minimum atomic E-state index is 0.573. The van der Waals surface area contributed by atoms with Gasteiger partial charge in [0.2, 0.25) is 0 Å². The quantitative estimate of drug-likeness (QED) is 0.184. The van der Waals surface area contributed by atoms with Crippen molar-refractivity contribution in [3.05, 3.63) is 0 Å². The zero-order valence-corrected chi connectivity index (χ0v) is 17.7. The molecule has 0 saturated carbocycles. The van der Waals surface area contributed by atoms with Crippen LogP contribution in [0.2, 0.25) is 0 Å². The van der Waals surface area contributed by atoms with Gasteiger partial charge in [0.25, 0.3) is 0 Å². The molecule has 1 fully saturated rings. The third-order valence-corrected chi connectivity index (χ3v) is 5.81. The van der Waals surface area contributed by atoms with E-state index in [9.17, 15) is 0 Å². The van der Waals surface area contributed by atoms with Gasteiger partial charge in [-0.1, -0.05) is 103 Å². The van der Waals surface area contributed by atoms with Crippen LogP contribution in [0.1, 0.15) is 116 Å². The van der Waals surface area contributed by atoms with Crippen molar-refractivity contribution in [1.82, 2.24) is 4.90 Å². The Morgan fingerprint density at radius 3 is 1.48 bits per heavy atom. The second-order valence-corrected chi connectivity index (χ2v) is 8.55. The van der Waals surface area contributed by atoms with Crippen LogP contribution in [0.3, 0.4) is 0 Å². The number of nitrogens with zero attached hydrogens (tertiary/aromatic N) is 1. The van der Waals surface area contributed by atoms with Crippen molar-refractivity contribution in [2.45, 2.75) is 128 Å². The highest BCUT2D eigenvalue weighted by Gasteiger charge is 2.27. The highest BCUT2D eigenvalue weighted by atomic mass is 16.6. The van der Waals surface area contributed by atoms with E-state index in [1.165, 1.54) is 109 Å². The molecule has 25 heavy (non-hydrogen) atoms. The van der Waals surface area contributed by atoms with Crippen molar-refractivity contribution in [2.24, 2.45) is 0 Å². The summed E-state index contributed by atoms with van der Waals surface area (Å²) >= 11 is 0. The monoisotopic (exact) mass is 353 g/mol. The van der Waals surface area contributed by atoms with Crippen LogP contribution in [0.5, 0.6) is 0 Å². The van der Waals surface area contributed by atoms with Crippen LogP contribution in [0.15, 0.2) is 0 Å². The van der Waals surface area contributed by atoms with E-state index in [0.29, 0.717) is 6.10 Å². The Bertz CT molecular complexity index is 275. The number of epoxide rings is 1. The predicted octanol–water partition coefficient (Wildman–Crippen LogP) is 6.97. The van der Waals surface area contributed by atoms with Gasteiger partial charge < -0.3 is 9.64 Å². The second kappa shape index (κ2) is 16.1. The van der Waals surface area contributed by atoms with E-state index < -0.39 is 0 Å². The second-order valence-electron chi connectivity index (χ2n) is 8.55. The fourth-order valence-corrected chi connectivity index (χ4v) is 3.85. The van der Waals surface area contributed by atoms with Gasteiger partial charge in [-0.25, -0.2) is 0 Å². The van der Waals surface area contributed by atoms with Gasteiger partial charge in [-0.2, -0.15) is 0 Å². The first kappa shape index (κ1) is 23.0. The van der Waals surface area contributed by atoms with Gasteiger partial charge in [-0.3, -0.25) is 0 Å². The fourth-order valence-electron chi connectivity index (χ4n) is 3.85. The molecule has 150 valence electrons.